The summed E-state index contributed by atoms with van der Waals surface area (Å²) in [5.74, 6) is 0. The minimum absolute atomic E-state index is 0.340. The fourth-order valence-electron chi connectivity index (χ4n) is 1.58. The lowest BCUT2D eigenvalue weighted by Crippen LogP contribution is -2.47. The summed E-state index contributed by atoms with van der Waals surface area (Å²) in [5, 5.41) is -0.944. The molecular weight excluding hydrogens is 192 g/mol. The molecule has 1 fully saturated rings. The van der Waals surface area contributed by atoms with Crippen molar-refractivity contribution in [3.05, 3.63) is 0 Å². The summed E-state index contributed by atoms with van der Waals surface area (Å²) in [6.07, 6.45) is 3.27. The zero-order valence-corrected chi connectivity index (χ0v) is 8.33. The van der Waals surface area contributed by atoms with Gasteiger partial charge in [-0.3, -0.25) is 4.79 Å². The summed E-state index contributed by atoms with van der Waals surface area (Å²) < 4.78 is 22.2. The highest BCUT2D eigenvalue weighted by molar-refractivity contribution is 7.91. The molecule has 1 amide bonds. The summed E-state index contributed by atoms with van der Waals surface area (Å²) >= 11 is 0. The Hall–Kier alpha value is -0.620. The fourth-order valence-corrected chi connectivity index (χ4v) is 2.45. The second kappa shape index (κ2) is 3.63. The average molecular weight is 206 g/mol. The summed E-state index contributed by atoms with van der Waals surface area (Å²) in [5.41, 5.74) is 5.53. The van der Waals surface area contributed by atoms with Crippen molar-refractivity contribution in [2.24, 2.45) is 5.73 Å². The van der Waals surface area contributed by atoms with Crippen LogP contribution in [0.15, 0.2) is 0 Å². The molecule has 1 aliphatic heterocycles. The maximum absolute atomic E-state index is 11.1. The van der Waals surface area contributed by atoms with E-state index in [1.165, 1.54) is 4.90 Å². The van der Waals surface area contributed by atoms with Crippen LogP contribution in [0.3, 0.4) is 0 Å². The van der Waals surface area contributed by atoms with Crippen LogP contribution < -0.4 is 5.73 Å². The van der Waals surface area contributed by atoms with Crippen molar-refractivity contribution in [2.75, 3.05) is 12.8 Å². The molecule has 13 heavy (non-hydrogen) atoms. The van der Waals surface area contributed by atoms with Crippen LogP contribution in [-0.4, -0.2) is 43.9 Å². The Morgan fingerprint density at radius 3 is 2.69 bits per heavy atom. The summed E-state index contributed by atoms with van der Waals surface area (Å²) in [4.78, 5) is 12.0. The number of nitrogens with zero attached hydrogens (tertiary/aromatic N) is 1. The molecule has 5 nitrogen and oxygen atoms in total. The molecule has 0 radical (unpaired) electrons. The third-order valence-electron chi connectivity index (χ3n) is 2.35. The van der Waals surface area contributed by atoms with Gasteiger partial charge in [-0.15, -0.1) is 0 Å². The second-order valence-electron chi connectivity index (χ2n) is 3.35. The van der Waals surface area contributed by atoms with Gasteiger partial charge in [0.15, 0.2) is 9.84 Å². The molecule has 0 saturated carbocycles. The van der Waals surface area contributed by atoms with Gasteiger partial charge in [-0.2, -0.15) is 0 Å². The maximum Gasteiger partial charge on any atom is 0.210 e. The third kappa shape index (κ3) is 2.19. The first-order chi connectivity index (χ1) is 5.96. The van der Waals surface area contributed by atoms with E-state index in [9.17, 15) is 13.2 Å². The molecule has 76 valence electrons. The molecule has 2 N–H and O–H groups in total. The van der Waals surface area contributed by atoms with E-state index < -0.39 is 15.2 Å². The van der Waals surface area contributed by atoms with E-state index in [2.05, 4.69) is 0 Å². The van der Waals surface area contributed by atoms with Gasteiger partial charge in [0, 0.05) is 12.8 Å². The van der Waals surface area contributed by atoms with Gasteiger partial charge in [0.1, 0.15) is 5.37 Å². The van der Waals surface area contributed by atoms with Crippen LogP contribution in [0.1, 0.15) is 12.8 Å². The standard InChI is InChI=1S/C7H14N2O3S/c1-13(11,12)7(8)6-3-2-4-9(6)5-10/h5-7H,2-4,8H2,1H3. The predicted octanol–water partition coefficient (Wildman–Crippen LogP) is -1.06. The molecule has 1 saturated heterocycles. The van der Waals surface area contributed by atoms with E-state index in [4.69, 9.17) is 5.73 Å². The van der Waals surface area contributed by atoms with Crippen LogP contribution in [0, 0.1) is 0 Å². The van der Waals surface area contributed by atoms with E-state index in [1.54, 1.807) is 0 Å². The van der Waals surface area contributed by atoms with Gasteiger partial charge in [0.2, 0.25) is 6.41 Å². The molecule has 0 aromatic rings. The van der Waals surface area contributed by atoms with E-state index in [-0.39, 0.29) is 6.04 Å². The topological polar surface area (TPSA) is 80.5 Å². The fraction of sp³-hybridized carbons (Fsp3) is 0.857. The number of carbonyl (C=O) groups is 1. The summed E-state index contributed by atoms with van der Waals surface area (Å²) in [6.45, 7) is 0.609. The largest absolute Gasteiger partial charge is 0.340 e. The Balaban J connectivity index is 2.77. The van der Waals surface area contributed by atoms with Crippen LogP contribution in [0.4, 0.5) is 0 Å². The molecule has 2 atom stereocenters. The number of hydrogen-bond acceptors (Lipinski definition) is 4. The van der Waals surface area contributed by atoms with Gasteiger partial charge in [0.05, 0.1) is 6.04 Å². The number of amides is 1. The van der Waals surface area contributed by atoms with Crippen LogP contribution >= 0.6 is 0 Å². The number of likely N-dealkylation sites (tertiary alicyclic amines) is 1. The van der Waals surface area contributed by atoms with Crippen molar-refractivity contribution in [3.63, 3.8) is 0 Å². The highest BCUT2D eigenvalue weighted by atomic mass is 32.2. The van der Waals surface area contributed by atoms with Crippen LogP contribution in [0.25, 0.3) is 0 Å². The maximum atomic E-state index is 11.1. The minimum atomic E-state index is -3.25. The first kappa shape index (κ1) is 10.5. The van der Waals surface area contributed by atoms with Gasteiger partial charge in [-0.1, -0.05) is 0 Å². The van der Waals surface area contributed by atoms with Gasteiger partial charge >= 0.3 is 0 Å². The van der Waals surface area contributed by atoms with Gasteiger partial charge in [-0.25, -0.2) is 8.42 Å². The molecule has 0 spiro atoms. The molecule has 1 heterocycles. The Labute approximate surface area is 77.8 Å². The van der Waals surface area contributed by atoms with E-state index in [0.717, 1.165) is 12.7 Å². The highest BCUT2D eigenvalue weighted by Gasteiger charge is 2.34. The van der Waals surface area contributed by atoms with Crippen LogP contribution in [0.2, 0.25) is 0 Å². The molecule has 0 bridgehead atoms. The highest BCUT2D eigenvalue weighted by Crippen LogP contribution is 2.19. The van der Waals surface area contributed by atoms with E-state index >= 15 is 0 Å². The quantitative estimate of drug-likeness (QED) is 0.597. The van der Waals surface area contributed by atoms with Gasteiger partial charge < -0.3 is 10.6 Å². The number of rotatable bonds is 3. The zero-order chi connectivity index (χ0) is 10.1. The predicted molar refractivity (Wildman–Crippen MR) is 48.6 cm³/mol. The average Bonchev–Trinajstić information content (AvgIpc) is 2.48. The zero-order valence-electron chi connectivity index (χ0n) is 7.51. The lowest BCUT2D eigenvalue weighted by Gasteiger charge is -2.24. The molecule has 1 rings (SSSR count). The van der Waals surface area contributed by atoms with E-state index in [0.29, 0.717) is 19.4 Å². The van der Waals surface area contributed by atoms with Gasteiger partial charge in [-0.05, 0) is 12.8 Å². The first-order valence-electron chi connectivity index (χ1n) is 4.12. The number of hydrogen-bond donors (Lipinski definition) is 1. The Kier molecular flexibility index (Phi) is 2.92. The van der Waals surface area contributed by atoms with Crippen molar-refractivity contribution in [1.82, 2.24) is 4.90 Å². The SMILES string of the molecule is CS(=O)(=O)C(N)C1CCCN1C=O. The van der Waals surface area contributed by atoms with Crippen molar-refractivity contribution < 1.29 is 13.2 Å². The smallest absolute Gasteiger partial charge is 0.210 e. The summed E-state index contributed by atoms with van der Waals surface area (Å²) in [7, 11) is -3.25. The minimum Gasteiger partial charge on any atom is -0.340 e. The molecule has 2 unspecified atom stereocenters. The Morgan fingerprint density at radius 2 is 2.23 bits per heavy atom. The van der Waals surface area contributed by atoms with E-state index in [1.807, 2.05) is 0 Å². The van der Waals surface area contributed by atoms with Crippen LogP contribution in [-0.2, 0) is 14.6 Å². The molecular formula is C7H14N2O3S. The number of carbonyl (C=O) groups excluding carboxylic acids is 1. The normalized spacial score (nSPS) is 26.0. The van der Waals surface area contributed by atoms with Crippen molar-refractivity contribution in [1.29, 1.82) is 0 Å². The number of nitrogens with two attached hydrogens (primary N) is 1. The molecule has 0 aromatic carbocycles. The molecule has 0 aromatic heterocycles. The van der Waals surface area contributed by atoms with Crippen molar-refractivity contribution in [2.45, 2.75) is 24.3 Å². The first-order valence-corrected chi connectivity index (χ1v) is 6.08. The van der Waals surface area contributed by atoms with Gasteiger partial charge in [0.25, 0.3) is 0 Å². The lowest BCUT2D eigenvalue weighted by molar-refractivity contribution is -0.118. The molecule has 1 aliphatic rings. The second-order valence-corrected chi connectivity index (χ2v) is 5.55. The number of sulfone groups is 1. The molecule has 6 heteroatoms. The lowest BCUT2D eigenvalue weighted by atomic mass is 10.2. The monoisotopic (exact) mass is 206 g/mol. The van der Waals surface area contributed by atoms with Crippen molar-refractivity contribution in [3.8, 4) is 0 Å². The Bertz CT molecular complexity index is 288. The van der Waals surface area contributed by atoms with Crippen molar-refractivity contribution >= 4 is 16.2 Å². The Morgan fingerprint density at radius 1 is 1.62 bits per heavy atom. The summed E-state index contributed by atoms with van der Waals surface area (Å²) in [6, 6.07) is -0.340. The molecule has 0 aliphatic carbocycles. The third-order valence-corrected chi connectivity index (χ3v) is 3.65. The van der Waals surface area contributed by atoms with Crippen LogP contribution in [0.5, 0.6) is 0 Å².